The van der Waals surface area contributed by atoms with Gasteiger partial charge >= 0.3 is 5.97 Å². The van der Waals surface area contributed by atoms with Crippen molar-refractivity contribution >= 4 is 17.6 Å². The SMILES string of the molecule is COc1ccccc1NC(=O)COC(=O)C1COc2ccccc2O1. The van der Waals surface area contributed by atoms with Crippen LogP contribution in [0.1, 0.15) is 0 Å². The lowest BCUT2D eigenvalue weighted by Crippen LogP contribution is -2.39. The Morgan fingerprint density at radius 1 is 1.12 bits per heavy atom. The predicted octanol–water partition coefficient (Wildman–Crippen LogP) is 2.02. The van der Waals surface area contributed by atoms with E-state index in [-0.39, 0.29) is 6.61 Å². The maximum atomic E-state index is 12.1. The van der Waals surface area contributed by atoms with Crippen LogP contribution in [-0.4, -0.2) is 38.3 Å². The highest BCUT2D eigenvalue weighted by molar-refractivity contribution is 5.94. The second kappa shape index (κ2) is 7.57. The van der Waals surface area contributed by atoms with Crippen molar-refractivity contribution in [3.8, 4) is 17.2 Å². The van der Waals surface area contributed by atoms with Gasteiger partial charge in [0, 0.05) is 0 Å². The lowest BCUT2D eigenvalue weighted by molar-refractivity contribution is -0.156. The second-order valence-electron chi connectivity index (χ2n) is 5.22. The molecule has 25 heavy (non-hydrogen) atoms. The lowest BCUT2D eigenvalue weighted by Gasteiger charge is -2.24. The molecule has 7 heteroatoms. The third-order valence-electron chi connectivity index (χ3n) is 3.50. The van der Waals surface area contributed by atoms with Crippen molar-refractivity contribution < 1.29 is 28.5 Å². The van der Waals surface area contributed by atoms with Crippen molar-refractivity contribution in [1.29, 1.82) is 0 Å². The Kier molecular flexibility index (Phi) is 5.03. The number of esters is 1. The number of rotatable bonds is 5. The number of anilines is 1. The smallest absolute Gasteiger partial charge is 0.351 e. The number of carbonyl (C=O) groups is 2. The zero-order valence-corrected chi connectivity index (χ0v) is 13.6. The number of hydrogen-bond donors (Lipinski definition) is 1. The highest BCUT2D eigenvalue weighted by Crippen LogP contribution is 2.31. The topological polar surface area (TPSA) is 83.1 Å². The van der Waals surface area contributed by atoms with Crippen LogP contribution in [0.3, 0.4) is 0 Å². The van der Waals surface area contributed by atoms with Gasteiger partial charge in [0.05, 0.1) is 12.8 Å². The van der Waals surface area contributed by atoms with Gasteiger partial charge in [-0.1, -0.05) is 24.3 Å². The van der Waals surface area contributed by atoms with Crippen LogP contribution >= 0.6 is 0 Å². The summed E-state index contributed by atoms with van der Waals surface area (Å²) in [5.41, 5.74) is 0.497. The van der Waals surface area contributed by atoms with E-state index >= 15 is 0 Å². The number of para-hydroxylation sites is 4. The third kappa shape index (κ3) is 4.00. The highest BCUT2D eigenvalue weighted by Gasteiger charge is 2.29. The average molecular weight is 343 g/mol. The molecule has 7 nitrogen and oxygen atoms in total. The van der Waals surface area contributed by atoms with E-state index in [9.17, 15) is 9.59 Å². The fourth-order valence-electron chi connectivity index (χ4n) is 2.30. The number of amides is 1. The molecular formula is C18H17NO6. The van der Waals surface area contributed by atoms with Crippen LogP contribution < -0.4 is 19.5 Å². The summed E-state index contributed by atoms with van der Waals surface area (Å²) in [5, 5.41) is 2.62. The first-order chi connectivity index (χ1) is 12.2. The van der Waals surface area contributed by atoms with Crippen LogP contribution in [0.4, 0.5) is 5.69 Å². The molecule has 0 bridgehead atoms. The number of fused-ring (bicyclic) bond motifs is 1. The molecule has 0 saturated carbocycles. The number of hydrogen-bond acceptors (Lipinski definition) is 6. The summed E-state index contributed by atoms with van der Waals surface area (Å²) in [5.74, 6) is 0.414. The van der Waals surface area contributed by atoms with Crippen LogP contribution in [0.2, 0.25) is 0 Å². The van der Waals surface area contributed by atoms with Crippen molar-refractivity contribution in [2.24, 2.45) is 0 Å². The van der Waals surface area contributed by atoms with Crippen molar-refractivity contribution in [3.05, 3.63) is 48.5 Å². The minimum absolute atomic E-state index is 0.0317. The molecule has 3 rings (SSSR count). The summed E-state index contributed by atoms with van der Waals surface area (Å²) in [6, 6.07) is 14.0. The Morgan fingerprint density at radius 2 is 1.84 bits per heavy atom. The van der Waals surface area contributed by atoms with Gasteiger partial charge < -0.3 is 24.3 Å². The maximum absolute atomic E-state index is 12.1. The van der Waals surface area contributed by atoms with E-state index in [2.05, 4.69) is 5.32 Å². The summed E-state index contributed by atoms with van der Waals surface area (Å²) < 4.78 is 21.1. The Labute approximate surface area is 144 Å². The molecule has 1 aliphatic rings. The Balaban J connectivity index is 1.52. The normalized spacial score (nSPS) is 15.2. The summed E-state index contributed by atoms with van der Waals surface area (Å²) in [4.78, 5) is 24.0. The van der Waals surface area contributed by atoms with Gasteiger partial charge in [-0.05, 0) is 24.3 Å². The van der Waals surface area contributed by atoms with E-state index in [0.29, 0.717) is 22.9 Å². The number of nitrogens with one attached hydrogen (secondary N) is 1. The van der Waals surface area contributed by atoms with Gasteiger partial charge in [0.15, 0.2) is 18.1 Å². The monoisotopic (exact) mass is 343 g/mol. The van der Waals surface area contributed by atoms with Crippen LogP contribution in [0, 0.1) is 0 Å². The molecule has 2 aromatic rings. The Bertz CT molecular complexity index is 776. The van der Waals surface area contributed by atoms with Crippen LogP contribution in [0.15, 0.2) is 48.5 Å². The molecule has 130 valence electrons. The Hall–Kier alpha value is -3.22. The quantitative estimate of drug-likeness (QED) is 0.836. The molecule has 1 heterocycles. The van der Waals surface area contributed by atoms with Crippen molar-refractivity contribution in [1.82, 2.24) is 0 Å². The van der Waals surface area contributed by atoms with E-state index in [1.807, 2.05) is 6.07 Å². The first-order valence-electron chi connectivity index (χ1n) is 7.65. The fourth-order valence-corrected chi connectivity index (χ4v) is 2.30. The molecule has 1 unspecified atom stereocenters. The molecule has 2 aromatic carbocycles. The summed E-state index contributed by atoms with van der Waals surface area (Å²) in [7, 11) is 1.50. The lowest BCUT2D eigenvalue weighted by atomic mass is 10.2. The molecule has 1 aliphatic heterocycles. The molecule has 1 N–H and O–H groups in total. The van der Waals surface area contributed by atoms with E-state index in [1.165, 1.54) is 7.11 Å². The zero-order chi connectivity index (χ0) is 17.6. The largest absolute Gasteiger partial charge is 0.495 e. The summed E-state index contributed by atoms with van der Waals surface area (Å²) in [6.07, 6.45) is -0.908. The molecule has 0 aliphatic carbocycles. The zero-order valence-electron chi connectivity index (χ0n) is 13.6. The van der Waals surface area contributed by atoms with Gasteiger partial charge in [0.1, 0.15) is 12.4 Å². The van der Waals surface area contributed by atoms with Crippen LogP contribution in [0.25, 0.3) is 0 Å². The molecule has 0 saturated heterocycles. The fraction of sp³-hybridized carbons (Fsp3) is 0.222. The number of benzene rings is 2. The maximum Gasteiger partial charge on any atom is 0.351 e. The molecule has 1 amide bonds. The van der Waals surface area contributed by atoms with E-state index in [1.54, 1.807) is 42.5 Å². The molecule has 0 aromatic heterocycles. The molecule has 0 radical (unpaired) electrons. The first-order valence-corrected chi connectivity index (χ1v) is 7.65. The van der Waals surface area contributed by atoms with Gasteiger partial charge in [0.2, 0.25) is 6.10 Å². The standard InChI is InChI=1S/C18H17NO6/c1-22-13-7-3-2-6-12(13)19-17(20)11-24-18(21)16-10-23-14-8-4-5-9-15(14)25-16/h2-9,16H,10-11H2,1H3,(H,19,20). The van der Waals surface area contributed by atoms with Crippen molar-refractivity contribution in [3.63, 3.8) is 0 Å². The van der Waals surface area contributed by atoms with Gasteiger partial charge in [-0.2, -0.15) is 0 Å². The van der Waals surface area contributed by atoms with Gasteiger partial charge in [-0.3, -0.25) is 4.79 Å². The average Bonchev–Trinajstić information content (AvgIpc) is 2.66. The minimum atomic E-state index is -0.908. The predicted molar refractivity (Wildman–Crippen MR) is 88.9 cm³/mol. The van der Waals surface area contributed by atoms with E-state index in [4.69, 9.17) is 18.9 Å². The summed E-state index contributed by atoms with van der Waals surface area (Å²) in [6.45, 7) is -0.400. The van der Waals surface area contributed by atoms with E-state index < -0.39 is 24.6 Å². The van der Waals surface area contributed by atoms with Crippen LogP contribution in [-0.2, 0) is 14.3 Å². The number of methoxy groups -OCH3 is 1. The molecular weight excluding hydrogens is 326 g/mol. The molecule has 0 fully saturated rings. The van der Waals surface area contributed by atoms with Crippen molar-refractivity contribution in [2.75, 3.05) is 25.6 Å². The minimum Gasteiger partial charge on any atom is -0.495 e. The van der Waals surface area contributed by atoms with Gasteiger partial charge in [0.25, 0.3) is 5.91 Å². The number of ether oxygens (including phenoxy) is 4. The van der Waals surface area contributed by atoms with Crippen molar-refractivity contribution in [2.45, 2.75) is 6.10 Å². The van der Waals surface area contributed by atoms with Crippen LogP contribution in [0.5, 0.6) is 17.2 Å². The molecule has 1 atom stereocenters. The van der Waals surface area contributed by atoms with Gasteiger partial charge in [-0.15, -0.1) is 0 Å². The second-order valence-corrected chi connectivity index (χ2v) is 5.22. The highest BCUT2D eigenvalue weighted by atomic mass is 16.6. The molecule has 0 spiro atoms. The van der Waals surface area contributed by atoms with E-state index in [0.717, 1.165) is 0 Å². The Morgan fingerprint density at radius 3 is 2.64 bits per heavy atom. The van der Waals surface area contributed by atoms with Gasteiger partial charge in [-0.25, -0.2) is 4.79 Å². The third-order valence-corrected chi connectivity index (χ3v) is 3.50. The summed E-state index contributed by atoms with van der Waals surface area (Å²) >= 11 is 0. The number of carbonyl (C=O) groups excluding carboxylic acids is 2. The first kappa shape index (κ1) is 16.6.